The van der Waals surface area contributed by atoms with Gasteiger partial charge >= 0.3 is 5.97 Å². The van der Waals surface area contributed by atoms with Crippen molar-refractivity contribution in [3.63, 3.8) is 0 Å². The summed E-state index contributed by atoms with van der Waals surface area (Å²) in [6.07, 6.45) is 1.62. The highest BCUT2D eigenvalue weighted by Crippen LogP contribution is 1.90. The van der Waals surface area contributed by atoms with Crippen LogP contribution in [0.15, 0.2) is 12.2 Å². The minimum atomic E-state index is -0.619. The van der Waals surface area contributed by atoms with Crippen molar-refractivity contribution in [2.24, 2.45) is 0 Å². The summed E-state index contributed by atoms with van der Waals surface area (Å²) >= 11 is 0. The number of hydrogen-bond acceptors (Lipinski definition) is 4. The minimum Gasteiger partial charge on any atom is -0.457 e. The molecule has 0 rings (SSSR count). The van der Waals surface area contributed by atoms with Gasteiger partial charge in [-0.05, 0) is 19.9 Å². The Bertz CT molecular complexity index is 195. The summed E-state index contributed by atoms with van der Waals surface area (Å²) in [4.78, 5) is 21.1. The molecule has 0 saturated heterocycles. The fraction of sp³-hybridized carbons (Fsp3) is 0.500. The van der Waals surface area contributed by atoms with Gasteiger partial charge in [0.2, 0.25) is 0 Å². The Morgan fingerprint density at radius 1 is 1.50 bits per heavy atom. The van der Waals surface area contributed by atoms with Crippen molar-refractivity contribution in [2.75, 3.05) is 6.61 Å². The molecule has 0 saturated carbocycles. The second-order valence-electron chi connectivity index (χ2n) is 2.37. The highest BCUT2D eigenvalue weighted by atomic mass is 16.5. The van der Waals surface area contributed by atoms with Crippen LogP contribution in [-0.4, -0.2) is 29.6 Å². The molecular formula is C8H12O4. The first-order chi connectivity index (χ1) is 5.56. The standard InChI is InChI=1S/C8H12O4/c1-6(10)3-4-8(11)12-7(2)5-9/h3-4,7,9H,5H2,1-2H3/b4-3+. The quantitative estimate of drug-likeness (QED) is 0.481. The second kappa shape index (κ2) is 5.49. The zero-order valence-corrected chi connectivity index (χ0v) is 7.11. The van der Waals surface area contributed by atoms with E-state index in [9.17, 15) is 9.59 Å². The first-order valence-corrected chi connectivity index (χ1v) is 3.56. The number of carbonyl (C=O) groups excluding carboxylic acids is 2. The maximum absolute atomic E-state index is 10.7. The predicted molar refractivity (Wildman–Crippen MR) is 42.5 cm³/mol. The van der Waals surface area contributed by atoms with Crippen LogP contribution in [0.5, 0.6) is 0 Å². The van der Waals surface area contributed by atoms with E-state index in [-0.39, 0.29) is 12.4 Å². The average Bonchev–Trinajstić information content (AvgIpc) is 2.00. The van der Waals surface area contributed by atoms with E-state index in [4.69, 9.17) is 5.11 Å². The van der Waals surface area contributed by atoms with Gasteiger partial charge in [-0.1, -0.05) is 0 Å². The van der Waals surface area contributed by atoms with Crippen LogP contribution in [0.2, 0.25) is 0 Å². The number of aliphatic hydroxyl groups is 1. The van der Waals surface area contributed by atoms with Crippen LogP contribution in [0, 0.1) is 0 Å². The third kappa shape index (κ3) is 5.61. The number of hydrogen-bond donors (Lipinski definition) is 1. The minimum absolute atomic E-state index is 0.219. The zero-order chi connectivity index (χ0) is 9.56. The Kier molecular flexibility index (Phi) is 4.96. The molecule has 1 unspecified atom stereocenters. The fourth-order valence-corrected chi connectivity index (χ4v) is 0.460. The number of esters is 1. The van der Waals surface area contributed by atoms with E-state index in [1.54, 1.807) is 6.92 Å². The van der Waals surface area contributed by atoms with E-state index in [1.165, 1.54) is 6.92 Å². The SMILES string of the molecule is CC(=O)/C=C/C(=O)OC(C)CO. The van der Waals surface area contributed by atoms with Gasteiger partial charge < -0.3 is 9.84 Å². The summed E-state index contributed by atoms with van der Waals surface area (Å²) in [5, 5.41) is 8.49. The van der Waals surface area contributed by atoms with Gasteiger partial charge in [0.1, 0.15) is 6.10 Å². The number of aliphatic hydroxyl groups excluding tert-OH is 1. The molecule has 1 atom stereocenters. The van der Waals surface area contributed by atoms with Crippen molar-refractivity contribution < 1.29 is 19.4 Å². The summed E-state index contributed by atoms with van der Waals surface area (Å²) in [5.74, 6) is -0.838. The molecule has 0 aliphatic rings. The van der Waals surface area contributed by atoms with Gasteiger partial charge in [0.25, 0.3) is 0 Å². The Morgan fingerprint density at radius 3 is 2.50 bits per heavy atom. The van der Waals surface area contributed by atoms with Crippen molar-refractivity contribution in [2.45, 2.75) is 20.0 Å². The summed E-state index contributed by atoms with van der Waals surface area (Å²) in [5.41, 5.74) is 0. The lowest BCUT2D eigenvalue weighted by Gasteiger charge is -2.06. The monoisotopic (exact) mass is 172 g/mol. The van der Waals surface area contributed by atoms with Crippen LogP contribution in [-0.2, 0) is 14.3 Å². The van der Waals surface area contributed by atoms with Gasteiger partial charge in [-0.15, -0.1) is 0 Å². The Hall–Kier alpha value is -1.16. The molecule has 1 N–H and O–H groups in total. The molecule has 0 spiro atoms. The molecule has 4 nitrogen and oxygen atoms in total. The molecule has 0 aromatic heterocycles. The number of ether oxygens (including phenoxy) is 1. The van der Waals surface area contributed by atoms with Crippen LogP contribution >= 0.6 is 0 Å². The van der Waals surface area contributed by atoms with Crippen LogP contribution in [0.3, 0.4) is 0 Å². The van der Waals surface area contributed by atoms with E-state index in [0.29, 0.717) is 0 Å². The summed E-state index contributed by atoms with van der Waals surface area (Å²) < 4.78 is 4.62. The summed E-state index contributed by atoms with van der Waals surface area (Å²) in [6.45, 7) is 2.67. The van der Waals surface area contributed by atoms with Crippen LogP contribution in [0.25, 0.3) is 0 Å². The zero-order valence-electron chi connectivity index (χ0n) is 7.11. The smallest absolute Gasteiger partial charge is 0.331 e. The molecule has 0 amide bonds. The topological polar surface area (TPSA) is 63.6 Å². The average molecular weight is 172 g/mol. The largest absolute Gasteiger partial charge is 0.457 e. The van der Waals surface area contributed by atoms with Crippen molar-refractivity contribution in [3.8, 4) is 0 Å². The maximum atomic E-state index is 10.7. The number of carbonyl (C=O) groups is 2. The summed E-state index contributed by atoms with van der Waals surface area (Å²) in [6, 6.07) is 0. The lowest BCUT2D eigenvalue weighted by Crippen LogP contribution is -2.16. The van der Waals surface area contributed by atoms with Crippen molar-refractivity contribution in [3.05, 3.63) is 12.2 Å². The third-order valence-corrected chi connectivity index (χ3v) is 1.03. The van der Waals surface area contributed by atoms with Crippen LogP contribution in [0.4, 0.5) is 0 Å². The molecule has 0 aromatic rings. The van der Waals surface area contributed by atoms with E-state index in [0.717, 1.165) is 12.2 Å². The Labute approximate surface area is 70.8 Å². The molecule has 0 heterocycles. The lowest BCUT2D eigenvalue weighted by atomic mass is 10.4. The van der Waals surface area contributed by atoms with Gasteiger partial charge in [-0.2, -0.15) is 0 Å². The number of rotatable bonds is 4. The van der Waals surface area contributed by atoms with Crippen LogP contribution < -0.4 is 0 Å². The Balaban J connectivity index is 3.81. The van der Waals surface area contributed by atoms with Crippen LogP contribution in [0.1, 0.15) is 13.8 Å². The van der Waals surface area contributed by atoms with Gasteiger partial charge in [0, 0.05) is 6.08 Å². The first-order valence-electron chi connectivity index (χ1n) is 3.56. The number of allylic oxidation sites excluding steroid dienone is 1. The molecule has 0 radical (unpaired) electrons. The predicted octanol–water partition coefficient (Wildman–Crippen LogP) is 0.0556. The summed E-state index contributed by atoms with van der Waals surface area (Å²) in [7, 11) is 0. The highest BCUT2D eigenvalue weighted by molar-refractivity contribution is 5.94. The maximum Gasteiger partial charge on any atom is 0.331 e. The fourth-order valence-electron chi connectivity index (χ4n) is 0.460. The molecule has 68 valence electrons. The number of ketones is 1. The normalized spacial score (nSPS) is 12.9. The van der Waals surface area contributed by atoms with E-state index >= 15 is 0 Å². The molecule has 0 aromatic carbocycles. The van der Waals surface area contributed by atoms with Crippen molar-refractivity contribution in [1.82, 2.24) is 0 Å². The molecule has 0 bridgehead atoms. The molecular weight excluding hydrogens is 160 g/mol. The van der Waals surface area contributed by atoms with Crippen molar-refractivity contribution >= 4 is 11.8 Å². The first kappa shape index (κ1) is 10.8. The van der Waals surface area contributed by atoms with Gasteiger partial charge in [0.05, 0.1) is 6.61 Å². The van der Waals surface area contributed by atoms with Gasteiger partial charge in [-0.25, -0.2) is 4.79 Å². The van der Waals surface area contributed by atoms with E-state index < -0.39 is 12.1 Å². The third-order valence-electron chi connectivity index (χ3n) is 1.03. The molecule has 0 fully saturated rings. The van der Waals surface area contributed by atoms with E-state index in [2.05, 4.69) is 4.74 Å². The second-order valence-corrected chi connectivity index (χ2v) is 2.37. The molecule has 0 aliphatic heterocycles. The molecule has 4 heteroatoms. The Morgan fingerprint density at radius 2 is 2.08 bits per heavy atom. The van der Waals surface area contributed by atoms with Gasteiger partial charge in [0.15, 0.2) is 5.78 Å². The van der Waals surface area contributed by atoms with Crippen molar-refractivity contribution in [1.29, 1.82) is 0 Å². The van der Waals surface area contributed by atoms with E-state index in [1.807, 2.05) is 0 Å². The molecule has 12 heavy (non-hydrogen) atoms. The van der Waals surface area contributed by atoms with Gasteiger partial charge in [-0.3, -0.25) is 4.79 Å². The lowest BCUT2D eigenvalue weighted by molar-refractivity contribution is -0.144. The molecule has 0 aliphatic carbocycles. The highest BCUT2D eigenvalue weighted by Gasteiger charge is 2.03.